The van der Waals surface area contributed by atoms with Crippen LogP contribution in [0.5, 0.6) is 0 Å². The molecule has 0 unspecified atom stereocenters. The number of fused-ring (bicyclic) bond motifs is 1. The van der Waals surface area contributed by atoms with Crippen molar-refractivity contribution in [2.75, 3.05) is 0 Å². The van der Waals surface area contributed by atoms with E-state index in [1.165, 1.54) is 11.3 Å². The van der Waals surface area contributed by atoms with Crippen LogP contribution >= 0.6 is 11.3 Å². The van der Waals surface area contributed by atoms with Crippen molar-refractivity contribution in [2.24, 2.45) is 0 Å². The number of carbonyl (C=O) groups is 1. The van der Waals surface area contributed by atoms with Crippen LogP contribution in [0.4, 0.5) is 0 Å². The van der Waals surface area contributed by atoms with E-state index in [9.17, 15) is 9.90 Å². The Balaban J connectivity index is 1.84. The van der Waals surface area contributed by atoms with Crippen molar-refractivity contribution in [3.8, 4) is 10.6 Å². The molecule has 4 rings (SSSR count). The van der Waals surface area contributed by atoms with Gasteiger partial charge in [0.25, 0.3) is 0 Å². The van der Waals surface area contributed by atoms with Crippen LogP contribution in [-0.4, -0.2) is 26.0 Å². The molecule has 1 fully saturated rings. The number of rotatable bonds is 3. The highest BCUT2D eigenvalue weighted by Crippen LogP contribution is 2.44. The van der Waals surface area contributed by atoms with E-state index in [0.29, 0.717) is 10.8 Å². The number of hydrogen-bond acceptors (Lipinski definition) is 5. The maximum atomic E-state index is 11.4. The van der Waals surface area contributed by atoms with E-state index in [1.54, 1.807) is 12.4 Å². The minimum atomic E-state index is -0.888. The zero-order chi connectivity index (χ0) is 14.4. The second kappa shape index (κ2) is 4.60. The summed E-state index contributed by atoms with van der Waals surface area (Å²) in [5, 5.41) is 10.1. The Morgan fingerprint density at radius 2 is 1.95 bits per heavy atom. The fourth-order valence-electron chi connectivity index (χ4n) is 2.34. The zero-order valence-corrected chi connectivity index (χ0v) is 11.8. The molecule has 0 amide bonds. The lowest BCUT2D eigenvalue weighted by molar-refractivity contribution is 0.0700. The van der Waals surface area contributed by atoms with Gasteiger partial charge in [-0.2, -0.15) is 0 Å². The topological polar surface area (TPSA) is 76.0 Å². The Morgan fingerprint density at radius 3 is 2.67 bits per heavy atom. The molecule has 2 aromatic heterocycles. The summed E-state index contributed by atoms with van der Waals surface area (Å²) in [6.07, 6.45) is 5.37. The number of carboxylic acid groups (broad SMARTS) is 1. The van der Waals surface area contributed by atoms with Gasteiger partial charge in [0.2, 0.25) is 0 Å². The normalized spacial score (nSPS) is 14.5. The van der Waals surface area contributed by atoms with Crippen LogP contribution in [0.1, 0.15) is 34.1 Å². The van der Waals surface area contributed by atoms with E-state index in [1.807, 2.05) is 18.2 Å². The second-order valence-corrected chi connectivity index (χ2v) is 6.07. The minimum Gasteiger partial charge on any atom is -0.477 e. The van der Waals surface area contributed by atoms with Crippen molar-refractivity contribution in [1.82, 2.24) is 15.0 Å². The smallest absolute Gasteiger partial charge is 0.347 e. The van der Waals surface area contributed by atoms with E-state index in [2.05, 4.69) is 15.0 Å². The maximum absolute atomic E-state index is 11.4. The molecule has 1 aliphatic rings. The Labute approximate surface area is 124 Å². The molecule has 0 saturated heterocycles. The first-order chi connectivity index (χ1) is 10.2. The molecule has 0 atom stereocenters. The molecule has 2 heterocycles. The molecule has 1 aliphatic carbocycles. The summed E-state index contributed by atoms with van der Waals surface area (Å²) in [4.78, 5) is 24.8. The van der Waals surface area contributed by atoms with Crippen molar-refractivity contribution < 1.29 is 9.90 Å². The number of aromatic nitrogens is 3. The van der Waals surface area contributed by atoms with Crippen LogP contribution in [0.3, 0.4) is 0 Å². The highest BCUT2D eigenvalue weighted by Gasteiger charge is 2.32. The van der Waals surface area contributed by atoms with Crippen LogP contribution in [0, 0.1) is 0 Å². The summed E-state index contributed by atoms with van der Waals surface area (Å²) in [5.41, 5.74) is 3.23. The average molecular weight is 297 g/mol. The molecule has 0 spiro atoms. The molecule has 104 valence electrons. The molecule has 1 saturated carbocycles. The molecule has 0 aliphatic heterocycles. The lowest BCUT2D eigenvalue weighted by Crippen LogP contribution is -1.97. The lowest BCUT2D eigenvalue weighted by Gasteiger charge is -1.98. The average Bonchev–Trinajstić information content (AvgIpc) is 3.25. The predicted octanol–water partition coefficient (Wildman–Crippen LogP) is 3.33. The van der Waals surface area contributed by atoms with Gasteiger partial charge in [0.05, 0.1) is 16.7 Å². The third kappa shape index (κ3) is 2.17. The predicted molar refractivity (Wildman–Crippen MR) is 79.6 cm³/mol. The molecule has 21 heavy (non-hydrogen) atoms. The summed E-state index contributed by atoms with van der Waals surface area (Å²) >= 11 is 1.24. The van der Waals surface area contributed by atoms with Crippen LogP contribution in [0.2, 0.25) is 0 Å². The number of aromatic carboxylic acids is 1. The number of thiazole rings is 1. The zero-order valence-electron chi connectivity index (χ0n) is 11.0. The van der Waals surface area contributed by atoms with Crippen molar-refractivity contribution in [3.05, 3.63) is 41.2 Å². The Bertz CT molecular complexity index is 855. The second-order valence-electron chi connectivity index (χ2n) is 5.07. The number of nitrogens with zero attached hydrogens (tertiary/aromatic N) is 3. The molecule has 0 radical (unpaired) electrons. The first-order valence-electron chi connectivity index (χ1n) is 6.67. The summed E-state index contributed by atoms with van der Waals surface area (Å²) in [6.45, 7) is 0. The Hall–Kier alpha value is -2.34. The van der Waals surface area contributed by atoms with Crippen LogP contribution in [0.25, 0.3) is 21.6 Å². The number of carboxylic acids is 1. The standard InChI is InChI=1S/C15H11N3O2S/c19-15(20)13-12(8-1-2-8)18-14(21-13)9-3-4-10-11(7-9)17-6-5-16-10/h3-8H,1-2H2,(H,19,20). The van der Waals surface area contributed by atoms with E-state index < -0.39 is 5.97 Å². The minimum absolute atomic E-state index is 0.321. The molecular formula is C15H11N3O2S. The molecule has 0 bridgehead atoms. The lowest BCUT2D eigenvalue weighted by atomic mass is 10.2. The van der Waals surface area contributed by atoms with Gasteiger partial charge in [0.15, 0.2) is 0 Å². The largest absolute Gasteiger partial charge is 0.477 e. The van der Waals surface area contributed by atoms with Gasteiger partial charge >= 0.3 is 5.97 Å². The SMILES string of the molecule is O=C(O)c1sc(-c2ccc3nccnc3c2)nc1C1CC1. The third-order valence-corrected chi connectivity index (χ3v) is 4.64. The summed E-state index contributed by atoms with van der Waals surface area (Å²) in [5.74, 6) is -0.567. The first-order valence-corrected chi connectivity index (χ1v) is 7.49. The van der Waals surface area contributed by atoms with Gasteiger partial charge in [-0.1, -0.05) is 0 Å². The maximum Gasteiger partial charge on any atom is 0.347 e. The van der Waals surface area contributed by atoms with Gasteiger partial charge in [-0.25, -0.2) is 9.78 Å². The van der Waals surface area contributed by atoms with Gasteiger partial charge in [0, 0.05) is 23.9 Å². The number of hydrogen-bond donors (Lipinski definition) is 1. The molecule has 6 heteroatoms. The summed E-state index contributed by atoms with van der Waals surface area (Å²) in [7, 11) is 0. The molecule has 1 aromatic carbocycles. The monoisotopic (exact) mass is 297 g/mol. The first kappa shape index (κ1) is 12.4. The fourth-order valence-corrected chi connectivity index (χ4v) is 3.32. The van der Waals surface area contributed by atoms with E-state index >= 15 is 0 Å². The van der Waals surface area contributed by atoms with Gasteiger partial charge in [0.1, 0.15) is 9.88 Å². The van der Waals surface area contributed by atoms with E-state index in [0.717, 1.165) is 40.1 Å². The van der Waals surface area contributed by atoms with Crippen molar-refractivity contribution in [1.29, 1.82) is 0 Å². The third-order valence-electron chi connectivity index (χ3n) is 3.53. The quantitative estimate of drug-likeness (QED) is 0.802. The molecular weight excluding hydrogens is 286 g/mol. The van der Waals surface area contributed by atoms with Crippen molar-refractivity contribution >= 4 is 28.3 Å². The van der Waals surface area contributed by atoms with E-state index in [-0.39, 0.29) is 0 Å². The Morgan fingerprint density at radius 1 is 1.19 bits per heavy atom. The molecule has 1 N–H and O–H groups in total. The van der Waals surface area contributed by atoms with Crippen LogP contribution in [-0.2, 0) is 0 Å². The molecule has 3 aromatic rings. The van der Waals surface area contributed by atoms with Crippen molar-refractivity contribution in [3.63, 3.8) is 0 Å². The highest BCUT2D eigenvalue weighted by atomic mass is 32.1. The number of benzene rings is 1. The fraction of sp³-hybridized carbons (Fsp3) is 0.200. The van der Waals surface area contributed by atoms with Crippen LogP contribution in [0.15, 0.2) is 30.6 Å². The summed E-state index contributed by atoms with van der Waals surface area (Å²) < 4.78 is 0. The van der Waals surface area contributed by atoms with Gasteiger partial charge in [-0.15, -0.1) is 11.3 Å². The van der Waals surface area contributed by atoms with E-state index in [4.69, 9.17) is 0 Å². The summed E-state index contributed by atoms with van der Waals surface area (Å²) in [6, 6.07) is 5.71. The van der Waals surface area contributed by atoms with Crippen molar-refractivity contribution in [2.45, 2.75) is 18.8 Å². The van der Waals surface area contributed by atoms with Gasteiger partial charge < -0.3 is 5.11 Å². The van der Waals surface area contributed by atoms with Gasteiger partial charge in [-0.05, 0) is 31.0 Å². The Kier molecular flexibility index (Phi) is 2.71. The highest BCUT2D eigenvalue weighted by molar-refractivity contribution is 7.17. The molecule has 5 nitrogen and oxygen atoms in total. The van der Waals surface area contributed by atoms with Crippen LogP contribution < -0.4 is 0 Å². The van der Waals surface area contributed by atoms with Gasteiger partial charge in [-0.3, -0.25) is 9.97 Å².